The summed E-state index contributed by atoms with van der Waals surface area (Å²) >= 11 is 0. The van der Waals surface area contributed by atoms with Gasteiger partial charge in [0.25, 0.3) is 0 Å². The SMILES string of the molecule is Cc1nc2c(c(N3CCN(c4ccncn4)CC3)n1)CCC2. The highest BCUT2D eigenvalue weighted by molar-refractivity contribution is 5.53. The summed E-state index contributed by atoms with van der Waals surface area (Å²) in [5, 5.41) is 0. The average molecular weight is 296 g/mol. The normalized spacial score (nSPS) is 17.7. The van der Waals surface area contributed by atoms with E-state index in [4.69, 9.17) is 4.98 Å². The summed E-state index contributed by atoms with van der Waals surface area (Å²) in [6.45, 7) is 5.89. The summed E-state index contributed by atoms with van der Waals surface area (Å²) < 4.78 is 0. The number of hydrogen-bond acceptors (Lipinski definition) is 6. The molecule has 0 unspecified atom stereocenters. The van der Waals surface area contributed by atoms with Gasteiger partial charge in [0.2, 0.25) is 0 Å². The Morgan fingerprint density at radius 3 is 2.59 bits per heavy atom. The topological polar surface area (TPSA) is 58.0 Å². The Bertz CT molecular complexity index is 664. The summed E-state index contributed by atoms with van der Waals surface area (Å²) in [5.41, 5.74) is 2.64. The van der Waals surface area contributed by atoms with Gasteiger partial charge < -0.3 is 9.80 Å². The molecule has 0 spiro atoms. The van der Waals surface area contributed by atoms with E-state index in [9.17, 15) is 0 Å². The van der Waals surface area contributed by atoms with Crippen LogP contribution in [0.3, 0.4) is 0 Å². The van der Waals surface area contributed by atoms with Crippen LogP contribution < -0.4 is 9.80 Å². The Hall–Kier alpha value is -2.24. The fourth-order valence-electron chi connectivity index (χ4n) is 3.41. The minimum absolute atomic E-state index is 0.897. The van der Waals surface area contributed by atoms with Gasteiger partial charge in [0.05, 0.1) is 0 Å². The highest BCUT2D eigenvalue weighted by atomic mass is 15.3. The molecule has 114 valence electrons. The minimum Gasteiger partial charge on any atom is -0.353 e. The minimum atomic E-state index is 0.897. The smallest absolute Gasteiger partial charge is 0.135 e. The van der Waals surface area contributed by atoms with Crippen LogP contribution in [-0.2, 0) is 12.8 Å². The lowest BCUT2D eigenvalue weighted by atomic mass is 10.2. The van der Waals surface area contributed by atoms with Crippen LogP contribution in [0.15, 0.2) is 18.6 Å². The van der Waals surface area contributed by atoms with Crippen LogP contribution in [-0.4, -0.2) is 46.1 Å². The van der Waals surface area contributed by atoms with Crippen LogP contribution in [0.4, 0.5) is 11.6 Å². The molecule has 0 atom stereocenters. The summed E-state index contributed by atoms with van der Waals surface area (Å²) in [6, 6.07) is 1.97. The first kappa shape index (κ1) is 13.4. The van der Waals surface area contributed by atoms with Gasteiger partial charge in [0.1, 0.15) is 23.8 Å². The molecule has 0 bridgehead atoms. The van der Waals surface area contributed by atoms with Crippen LogP contribution in [0, 0.1) is 6.92 Å². The summed E-state index contributed by atoms with van der Waals surface area (Å²) in [4.78, 5) is 22.4. The fourth-order valence-corrected chi connectivity index (χ4v) is 3.41. The van der Waals surface area contributed by atoms with E-state index in [0.29, 0.717) is 0 Å². The first-order valence-electron chi connectivity index (χ1n) is 7.93. The molecular formula is C16H20N6. The molecule has 3 heterocycles. The zero-order valence-corrected chi connectivity index (χ0v) is 12.9. The molecule has 0 N–H and O–H groups in total. The molecule has 1 fully saturated rings. The van der Waals surface area contributed by atoms with Crippen molar-refractivity contribution in [3.63, 3.8) is 0 Å². The second kappa shape index (κ2) is 5.51. The zero-order valence-electron chi connectivity index (χ0n) is 12.9. The van der Waals surface area contributed by atoms with Gasteiger partial charge in [-0.05, 0) is 32.3 Å². The van der Waals surface area contributed by atoms with E-state index < -0.39 is 0 Å². The van der Waals surface area contributed by atoms with E-state index >= 15 is 0 Å². The van der Waals surface area contributed by atoms with Crippen molar-refractivity contribution in [1.29, 1.82) is 0 Å². The molecule has 0 saturated carbocycles. The second-order valence-corrected chi connectivity index (χ2v) is 5.91. The Morgan fingerprint density at radius 2 is 1.82 bits per heavy atom. The molecule has 6 nitrogen and oxygen atoms in total. The fraction of sp³-hybridized carbons (Fsp3) is 0.500. The molecule has 22 heavy (non-hydrogen) atoms. The predicted octanol–water partition coefficient (Wildman–Crippen LogP) is 1.39. The molecule has 4 rings (SSSR count). The number of nitrogens with zero attached hydrogens (tertiary/aromatic N) is 6. The quantitative estimate of drug-likeness (QED) is 0.835. The molecule has 0 radical (unpaired) electrons. The standard InChI is InChI=1S/C16H20N6/c1-12-19-14-4-2-3-13(14)16(20-12)22-9-7-21(8-10-22)15-5-6-17-11-18-15/h5-6,11H,2-4,7-10H2,1H3. The van der Waals surface area contributed by atoms with Crippen molar-refractivity contribution < 1.29 is 0 Å². The predicted molar refractivity (Wildman–Crippen MR) is 85.3 cm³/mol. The highest BCUT2D eigenvalue weighted by Crippen LogP contribution is 2.29. The number of rotatable bonds is 2. The summed E-state index contributed by atoms with van der Waals surface area (Å²) in [5.74, 6) is 3.08. The van der Waals surface area contributed by atoms with E-state index in [-0.39, 0.29) is 0 Å². The van der Waals surface area contributed by atoms with Gasteiger partial charge in [-0.25, -0.2) is 19.9 Å². The molecule has 1 aliphatic heterocycles. The molecule has 6 heteroatoms. The summed E-state index contributed by atoms with van der Waals surface area (Å²) in [6.07, 6.45) is 6.85. The maximum absolute atomic E-state index is 4.74. The molecule has 0 amide bonds. The van der Waals surface area contributed by atoms with Crippen molar-refractivity contribution in [3.05, 3.63) is 35.7 Å². The lowest BCUT2D eigenvalue weighted by Crippen LogP contribution is -2.47. The Morgan fingerprint density at radius 1 is 1.00 bits per heavy atom. The number of hydrogen-bond donors (Lipinski definition) is 0. The molecule has 2 aromatic heterocycles. The average Bonchev–Trinajstić information content (AvgIpc) is 3.03. The van der Waals surface area contributed by atoms with Crippen molar-refractivity contribution >= 4 is 11.6 Å². The Balaban J connectivity index is 1.53. The number of fused-ring (bicyclic) bond motifs is 1. The van der Waals surface area contributed by atoms with E-state index in [1.165, 1.54) is 23.5 Å². The Kier molecular flexibility index (Phi) is 3.36. The number of piperazine rings is 1. The largest absolute Gasteiger partial charge is 0.353 e. The van der Waals surface area contributed by atoms with Gasteiger partial charge in [-0.15, -0.1) is 0 Å². The van der Waals surface area contributed by atoms with Crippen molar-refractivity contribution in [2.75, 3.05) is 36.0 Å². The van der Waals surface area contributed by atoms with Gasteiger partial charge >= 0.3 is 0 Å². The van der Waals surface area contributed by atoms with Crippen molar-refractivity contribution in [3.8, 4) is 0 Å². The molecule has 1 saturated heterocycles. The van der Waals surface area contributed by atoms with E-state index in [0.717, 1.165) is 50.7 Å². The van der Waals surface area contributed by atoms with Crippen LogP contribution in [0.25, 0.3) is 0 Å². The second-order valence-electron chi connectivity index (χ2n) is 5.91. The highest BCUT2D eigenvalue weighted by Gasteiger charge is 2.25. The van der Waals surface area contributed by atoms with Crippen molar-refractivity contribution in [2.45, 2.75) is 26.2 Å². The van der Waals surface area contributed by atoms with Crippen LogP contribution in [0.2, 0.25) is 0 Å². The number of aromatic nitrogens is 4. The molecule has 2 aromatic rings. The maximum atomic E-state index is 4.74. The molecule has 0 aromatic carbocycles. The molecular weight excluding hydrogens is 276 g/mol. The van der Waals surface area contributed by atoms with Crippen molar-refractivity contribution in [1.82, 2.24) is 19.9 Å². The van der Waals surface area contributed by atoms with Crippen LogP contribution in [0.1, 0.15) is 23.5 Å². The molecule has 2 aliphatic rings. The van der Waals surface area contributed by atoms with Gasteiger partial charge in [0.15, 0.2) is 0 Å². The van der Waals surface area contributed by atoms with Crippen molar-refractivity contribution in [2.24, 2.45) is 0 Å². The first-order valence-corrected chi connectivity index (χ1v) is 7.93. The molecule has 1 aliphatic carbocycles. The van der Waals surface area contributed by atoms with Gasteiger partial charge in [0, 0.05) is 43.6 Å². The van der Waals surface area contributed by atoms with E-state index in [1.54, 1.807) is 12.5 Å². The van der Waals surface area contributed by atoms with Crippen LogP contribution >= 0.6 is 0 Å². The first-order chi connectivity index (χ1) is 10.8. The van der Waals surface area contributed by atoms with E-state index in [1.807, 2.05) is 13.0 Å². The number of anilines is 2. The Labute approximate surface area is 130 Å². The third-order valence-corrected chi connectivity index (χ3v) is 4.49. The maximum Gasteiger partial charge on any atom is 0.135 e. The zero-order chi connectivity index (χ0) is 14.9. The lowest BCUT2D eigenvalue weighted by Gasteiger charge is -2.36. The summed E-state index contributed by atoms with van der Waals surface area (Å²) in [7, 11) is 0. The van der Waals surface area contributed by atoms with E-state index in [2.05, 4.69) is 24.8 Å². The van der Waals surface area contributed by atoms with Gasteiger partial charge in [-0.2, -0.15) is 0 Å². The number of aryl methyl sites for hydroxylation is 2. The monoisotopic (exact) mass is 296 g/mol. The third kappa shape index (κ3) is 2.38. The van der Waals surface area contributed by atoms with Gasteiger partial charge in [-0.3, -0.25) is 0 Å². The van der Waals surface area contributed by atoms with Gasteiger partial charge in [-0.1, -0.05) is 0 Å². The lowest BCUT2D eigenvalue weighted by molar-refractivity contribution is 0.636. The van der Waals surface area contributed by atoms with Crippen LogP contribution in [0.5, 0.6) is 0 Å². The third-order valence-electron chi connectivity index (χ3n) is 4.49.